The third-order valence-corrected chi connectivity index (χ3v) is 12.5. The maximum atomic E-state index is 11.5. The standard InChI is InChI=1S/C30H34BN6O2Si.H2S/c1-20-8-9-21(15-32)12-26(20)36-28-34-11-10-25(35-28)22-13-23(16-33)27-24(14-22)30(5,17-37(27)31-19-38)18-39-40(6,7)29(2,3)4;/h8-14,19H,17-18H2,1-7H3,(H,34,35,36);1H2/t30-;/m0./s1. The van der Waals surface area contributed by atoms with Crippen molar-refractivity contribution in [1.29, 1.82) is 10.5 Å². The molecule has 0 fully saturated rings. The van der Waals surface area contributed by atoms with Gasteiger partial charge in [0, 0.05) is 41.7 Å². The lowest BCUT2D eigenvalue weighted by molar-refractivity contribution is 0.219. The average molecular weight is 584 g/mol. The predicted octanol–water partition coefficient (Wildman–Crippen LogP) is 5.96. The molecule has 0 saturated heterocycles. The normalized spacial score (nSPS) is 16.2. The zero-order valence-corrected chi connectivity index (χ0v) is 26.7. The van der Waals surface area contributed by atoms with Crippen LogP contribution in [-0.2, 0) is 14.6 Å². The number of anilines is 3. The molecule has 1 aromatic heterocycles. The molecular weight excluding hydrogens is 547 g/mol. The number of hydrogen-bond acceptors (Lipinski definition) is 8. The molecule has 41 heavy (non-hydrogen) atoms. The Morgan fingerprint density at radius 1 is 1.20 bits per heavy atom. The van der Waals surface area contributed by atoms with Crippen molar-refractivity contribution in [3.8, 4) is 23.4 Å². The second-order valence-corrected chi connectivity index (χ2v) is 16.9. The number of carbonyl (C=O) groups excluding carboxylic acids is 1. The van der Waals surface area contributed by atoms with Gasteiger partial charge in [-0.3, -0.25) is 0 Å². The van der Waals surface area contributed by atoms with Crippen LogP contribution in [0.5, 0.6) is 0 Å². The van der Waals surface area contributed by atoms with Crippen LogP contribution in [0.4, 0.5) is 17.3 Å². The molecule has 0 amide bonds. The van der Waals surface area contributed by atoms with Crippen LogP contribution in [0.3, 0.4) is 0 Å². The molecule has 1 radical (unpaired) electrons. The van der Waals surface area contributed by atoms with E-state index in [-0.39, 0.29) is 18.5 Å². The van der Waals surface area contributed by atoms with E-state index in [1.165, 1.54) is 7.41 Å². The van der Waals surface area contributed by atoms with Gasteiger partial charge >= 0.3 is 7.41 Å². The molecule has 0 spiro atoms. The Morgan fingerprint density at radius 3 is 2.56 bits per heavy atom. The Kier molecular flexibility index (Phi) is 9.39. The van der Waals surface area contributed by atoms with Crippen LogP contribution in [0.25, 0.3) is 11.3 Å². The summed E-state index contributed by atoms with van der Waals surface area (Å²) in [6, 6.07) is 15.6. The summed E-state index contributed by atoms with van der Waals surface area (Å²) in [6.07, 6.45) is 2.42. The van der Waals surface area contributed by atoms with Crippen LogP contribution in [-0.4, -0.2) is 45.0 Å². The molecule has 1 atom stereocenters. The molecule has 0 unspecified atom stereocenters. The number of aromatic nitrogens is 2. The van der Waals surface area contributed by atoms with Crippen LogP contribution in [0.1, 0.15) is 49.9 Å². The summed E-state index contributed by atoms with van der Waals surface area (Å²) in [6.45, 7) is 16.1. The highest BCUT2D eigenvalue weighted by molar-refractivity contribution is 7.59. The summed E-state index contributed by atoms with van der Waals surface area (Å²) in [4.78, 5) is 22.5. The van der Waals surface area contributed by atoms with Crippen molar-refractivity contribution in [2.24, 2.45) is 0 Å². The number of benzene rings is 2. The molecule has 2 heterocycles. The van der Waals surface area contributed by atoms with E-state index in [2.05, 4.69) is 69.3 Å². The number of nitriles is 2. The smallest absolute Gasteiger partial charge is 0.329 e. The molecule has 0 saturated carbocycles. The summed E-state index contributed by atoms with van der Waals surface area (Å²) in [7, 11) is -0.562. The summed E-state index contributed by atoms with van der Waals surface area (Å²) in [5, 5.41) is 22.7. The minimum atomic E-state index is -2.05. The highest BCUT2D eigenvalue weighted by atomic mass is 32.1. The SMILES string of the molecule is Cc1ccc(C#N)cc1Nc1nccc(-c2cc(C#N)c3c(c2)[C@](C)(CO[Si](C)(C)C(C)(C)C)CN3[B]C=O)n1.S. The van der Waals surface area contributed by atoms with Crippen molar-refractivity contribution in [2.75, 3.05) is 23.3 Å². The number of nitrogens with one attached hydrogen (secondary N) is 1. The van der Waals surface area contributed by atoms with Gasteiger partial charge in [-0.05, 0) is 66.5 Å². The van der Waals surface area contributed by atoms with Crippen LogP contribution in [0, 0.1) is 29.6 Å². The van der Waals surface area contributed by atoms with Gasteiger partial charge in [-0.25, -0.2) is 9.97 Å². The highest BCUT2D eigenvalue weighted by Crippen LogP contribution is 2.46. The van der Waals surface area contributed by atoms with Crippen molar-refractivity contribution in [3.63, 3.8) is 0 Å². The molecule has 2 aromatic carbocycles. The molecule has 11 heteroatoms. The van der Waals surface area contributed by atoms with Gasteiger partial charge in [0.1, 0.15) is 12.3 Å². The Labute approximate surface area is 251 Å². The summed E-state index contributed by atoms with van der Waals surface area (Å²) >= 11 is 0. The van der Waals surface area contributed by atoms with Gasteiger partial charge in [0.2, 0.25) is 5.95 Å². The number of hydrogen-bond donors (Lipinski definition) is 1. The van der Waals surface area contributed by atoms with Crippen molar-refractivity contribution in [1.82, 2.24) is 9.97 Å². The third-order valence-electron chi connectivity index (χ3n) is 8.05. The Hall–Kier alpha value is -3.64. The van der Waals surface area contributed by atoms with E-state index in [0.29, 0.717) is 35.9 Å². The van der Waals surface area contributed by atoms with Crippen molar-refractivity contribution in [3.05, 3.63) is 64.8 Å². The summed E-state index contributed by atoms with van der Waals surface area (Å²) in [5.74, 6) is 0.384. The molecule has 1 aliphatic heterocycles. The fourth-order valence-corrected chi connectivity index (χ4v) is 5.70. The second-order valence-electron chi connectivity index (χ2n) is 12.1. The first kappa shape index (κ1) is 31.9. The quantitative estimate of drug-likeness (QED) is 0.255. The largest absolute Gasteiger partial charge is 0.416 e. The molecule has 0 bridgehead atoms. The van der Waals surface area contributed by atoms with Crippen molar-refractivity contribution >= 4 is 52.7 Å². The average Bonchev–Trinajstić information content (AvgIpc) is 3.20. The first-order valence-electron chi connectivity index (χ1n) is 13.2. The Bertz CT molecular complexity index is 1550. The van der Waals surface area contributed by atoms with Gasteiger partial charge in [-0.2, -0.15) is 24.0 Å². The third kappa shape index (κ3) is 6.49. The van der Waals surface area contributed by atoms with E-state index >= 15 is 0 Å². The molecule has 3 aromatic rings. The second kappa shape index (κ2) is 12.1. The zero-order chi connectivity index (χ0) is 29.3. The number of rotatable bonds is 8. The number of carbonyl (C=O) groups is 1. The molecule has 211 valence electrons. The van der Waals surface area contributed by atoms with E-state index in [1.54, 1.807) is 30.5 Å². The maximum absolute atomic E-state index is 11.5. The number of fused-ring (bicyclic) bond motifs is 1. The molecule has 0 aliphatic carbocycles. The van der Waals surface area contributed by atoms with E-state index in [1.807, 2.05) is 17.8 Å². The van der Waals surface area contributed by atoms with Crippen molar-refractivity contribution in [2.45, 2.75) is 58.2 Å². The van der Waals surface area contributed by atoms with Gasteiger partial charge < -0.3 is 19.3 Å². The lowest BCUT2D eigenvalue weighted by atomic mass is 9.83. The molecule has 8 nitrogen and oxygen atoms in total. The van der Waals surface area contributed by atoms with Crippen LogP contribution < -0.4 is 10.1 Å². The molecule has 1 N–H and O–H groups in total. The molecule has 1 aliphatic rings. The first-order chi connectivity index (χ1) is 18.8. The lowest BCUT2D eigenvalue weighted by Gasteiger charge is -2.39. The van der Waals surface area contributed by atoms with Crippen LogP contribution >= 0.6 is 13.5 Å². The highest BCUT2D eigenvalue weighted by Gasteiger charge is 2.44. The van der Waals surface area contributed by atoms with Gasteiger partial charge in [-0.15, -0.1) is 0 Å². The van der Waals surface area contributed by atoms with Crippen LogP contribution in [0.2, 0.25) is 18.1 Å². The van der Waals surface area contributed by atoms with Crippen molar-refractivity contribution < 1.29 is 9.22 Å². The topological polar surface area (TPSA) is 115 Å². The van der Waals surface area contributed by atoms with Crippen LogP contribution in [0.15, 0.2) is 42.6 Å². The lowest BCUT2D eigenvalue weighted by Crippen LogP contribution is -2.46. The Morgan fingerprint density at radius 2 is 1.93 bits per heavy atom. The number of nitrogens with zero attached hydrogens (tertiary/aromatic N) is 5. The first-order valence-corrected chi connectivity index (χ1v) is 16.1. The van der Waals surface area contributed by atoms with Gasteiger partial charge in [0.05, 0.1) is 22.9 Å². The molecule has 4 rings (SSSR count). The van der Waals surface area contributed by atoms with Gasteiger partial charge in [0.25, 0.3) is 0 Å². The number of aryl methyl sites for hydroxylation is 1. The fraction of sp³-hybridized carbons (Fsp3) is 0.367. The predicted molar refractivity (Wildman–Crippen MR) is 172 cm³/mol. The van der Waals surface area contributed by atoms with E-state index in [0.717, 1.165) is 34.3 Å². The maximum Gasteiger partial charge on any atom is 0.329 e. The monoisotopic (exact) mass is 583 g/mol. The minimum absolute atomic E-state index is 0. The zero-order valence-electron chi connectivity index (χ0n) is 24.7. The van der Waals surface area contributed by atoms with E-state index < -0.39 is 13.7 Å². The van der Waals surface area contributed by atoms with E-state index in [4.69, 9.17) is 9.41 Å². The summed E-state index contributed by atoms with van der Waals surface area (Å²) in [5.41, 5.74) is 5.37. The fourth-order valence-electron chi connectivity index (χ4n) is 4.58. The summed E-state index contributed by atoms with van der Waals surface area (Å²) < 4.78 is 6.67. The van der Waals surface area contributed by atoms with Gasteiger partial charge in [-0.1, -0.05) is 33.8 Å². The Balaban J connectivity index is 0.00000462. The minimum Gasteiger partial charge on any atom is -0.416 e. The van der Waals surface area contributed by atoms with Gasteiger partial charge in [0.15, 0.2) is 8.32 Å². The van der Waals surface area contributed by atoms with E-state index in [9.17, 15) is 15.3 Å². The molecular formula is C30H36BN6O2SSi.